The van der Waals surface area contributed by atoms with Gasteiger partial charge in [-0.2, -0.15) is 4.98 Å². The largest absolute Gasteiger partial charge is 0.378 e. The van der Waals surface area contributed by atoms with Crippen molar-refractivity contribution in [1.82, 2.24) is 15.5 Å². The Bertz CT molecular complexity index is 678. The minimum atomic E-state index is -0.290. The summed E-state index contributed by atoms with van der Waals surface area (Å²) in [6, 6.07) is 9.37. The molecule has 1 saturated heterocycles. The third-order valence-electron chi connectivity index (χ3n) is 4.44. The molecule has 1 aliphatic rings. The van der Waals surface area contributed by atoms with Gasteiger partial charge in [0, 0.05) is 18.6 Å². The molecule has 3 rings (SSSR count). The van der Waals surface area contributed by atoms with E-state index in [9.17, 15) is 4.79 Å². The Hall–Kier alpha value is -2.21. The van der Waals surface area contributed by atoms with Crippen molar-refractivity contribution in [2.24, 2.45) is 5.92 Å². The average Bonchev–Trinajstić information content (AvgIpc) is 3.30. The lowest BCUT2D eigenvalue weighted by molar-refractivity contribution is -0.123. The van der Waals surface area contributed by atoms with Gasteiger partial charge in [0.05, 0.1) is 6.10 Å². The van der Waals surface area contributed by atoms with Crippen molar-refractivity contribution in [2.75, 3.05) is 6.61 Å². The molecule has 2 heterocycles. The number of hydrogen-bond acceptors (Lipinski definition) is 5. The summed E-state index contributed by atoms with van der Waals surface area (Å²) >= 11 is 0. The molecule has 1 aromatic carbocycles. The first-order valence-corrected chi connectivity index (χ1v) is 8.93. The van der Waals surface area contributed by atoms with E-state index < -0.39 is 0 Å². The third kappa shape index (κ3) is 4.66. The van der Waals surface area contributed by atoms with Crippen molar-refractivity contribution in [3.05, 3.63) is 36.2 Å². The molecule has 2 aromatic rings. The molecule has 6 heteroatoms. The van der Waals surface area contributed by atoms with Gasteiger partial charge in [-0.05, 0) is 25.2 Å². The molecular formula is C19H25N3O3. The Balaban J connectivity index is 1.62. The summed E-state index contributed by atoms with van der Waals surface area (Å²) in [6.07, 6.45) is 3.57. The van der Waals surface area contributed by atoms with E-state index in [1.54, 1.807) is 0 Å². The summed E-state index contributed by atoms with van der Waals surface area (Å²) < 4.78 is 11.0. The van der Waals surface area contributed by atoms with Crippen LogP contribution in [0.2, 0.25) is 0 Å². The molecule has 0 spiro atoms. The minimum absolute atomic E-state index is 0.00587. The van der Waals surface area contributed by atoms with Crippen LogP contribution in [0.3, 0.4) is 0 Å². The predicted molar refractivity (Wildman–Crippen MR) is 93.7 cm³/mol. The van der Waals surface area contributed by atoms with Crippen molar-refractivity contribution >= 4 is 5.91 Å². The molecule has 1 fully saturated rings. The SMILES string of the molecule is CC(C)[C@@H](NC(=O)CC[C@H]1CCCO1)c1nc(-c2ccccc2)no1. The number of ether oxygens (including phenoxy) is 1. The zero-order valence-electron chi connectivity index (χ0n) is 14.8. The van der Waals surface area contributed by atoms with Gasteiger partial charge in [-0.15, -0.1) is 0 Å². The highest BCUT2D eigenvalue weighted by Gasteiger charge is 2.25. The second kappa shape index (κ2) is 8.25. The predicted octanol–water partition coefficient (Wildman–Crippen LogP) is 3.51. The summed E-state index contributed by atoms with van der Waals surface area (Å²) in [6.45, 7) is 4.86. The number of carbonyl (C=O) groups is 1. The van der Waals surface area contributed by atoms with Crippen molar-refractivity contribution < 1.29 is 14.1 Å². The summed E-state index contributed by atoms with van der Waals surface area (Å²) in [5, 5.41) is 7.08. The lowest BCUT2D eigenvalue weighted by Gasteiger charge is -2.19. The van der Waals surface area contributed by atoms with Gasteiger partial charge >= 0.3 is 0 Å². The van der Waals surface area contributed by atoms with E-state index in [1.807, 2.05) is 44.2 Å². The molecule has 0 unspecified atom stereocenters. The number of rotatable bonds is 7. The topological polar surface area (TPSA) is 77.2 Å². The van der Waals surface area contributed by atoms with Crippen LogP contribution in [0.1, 0.15) is 51.5 Å². The van der Waals surface area contributed by atoms with Crippen LogP contribution in [0.4, 0.5) is 0 Å². The maximum absolute atomic E-state index is 12.3. The van der Waals surface area contributed by atoms with Crippen LogP contribution in [-0.4, -0.2) is 28.8 Å². The van der Waals surface area contributed by atoms with Crippen molar-refractivity contribution in [2.45, 2.75) is 51.7 Å². The van der Waals surface area contributed by atoms with Gasteiger partial charge in [0.1, 0.15) is 6.04 Å². The molecule has 2 atom stereocenters. The van der Waals surface area contributed by atoms with Gasteiger partial charge < -0.3 is 14.6 Å². The maximum Gasteiger partial charge on any atom is 0.249 e. The number of aromatic nitrogens is 2. The summed E-state index contributed by atoms with van der Waals surface area (Å²) in [4.78, 5) is 16.8. The Kier molecular flexibility index (Phi) is 5.81. The highest BCUT2D eigenvalue weighted by molar-refractivity contribution is 5.76. The number of nitrogens with one attached hydrogen (secondary N) is 1. The monoisotopic (exact) mass is 343 g/mol. The molecule has 0 radical (unpaired) electrons. The normalized spacial score (nSPS) is 18.4. The highest BCUT2D eigenvalue weighted by Crippen LogP contribution is 2.24. The van der Waals surface area contributed by atoms with Crippen molar-refractivity contribution in [3.63, 3.8) is 0 Å². The van der Waals surface area contributed by atoms with Crippen LogP contribution in [0, 0.1) is 5.92 Å². The number of hydrogen-bond donors (Lipinski definition) is 1. The van der Waals surface area contributed by atoms with Gasteiger partial charge in [0.15, 0.2) is 0 Å². The molecule has 1 N–H and O–H groups in total. The lowest BCUT2D eigenvalue weighted by Crippen LogP contribution is -2.32. The summed E-state index contributed by atoms with van der Waals surface area (Å²) in [5.41, 5.74) is 0.893. The van der Waals surface area contributed by atoms with E-state index in [0.717, 1.165) is 31.4 Å². The van der Waals surface area contributed by atoms with Crippen LogP contribution >= 0.6 is 0 Å². The Labute approximate surface area is 148 Å². The first kappa shape index (κ1) is 17.6. The van der Waals surface area contributed by atoms with Crippen LogP contribution in [0.5, 0.6) is 0 Å². The molecule has 1 aliphatic heterocycles. The molecule has 6 nitrogen and oxygen atoms in total. The minimum Gasteiger partial charge on any atom is -0.378 e. The Morgan fingerprint density at radius 2 is 2.12 bits per heavy atom. The molecule has 0 bridgehead atoms. The molecule has 1 aromatic heterocycles. The van der Waals surface area contributed by atoms with Crippen LogP contribution in [0.25, 0.3) is 11.4 Å². The van der Waals surface area contributed by atoms with Crippen molar-refractivity contribution in [1.29, 1.82) is 0 Å². The molecule has 0 aliphatic carbocycles. The fourth-order valence-corrected chi connectivity index (χ4v) is 2.99. The third-order valence-corrected chi connectivity index (χ3v) is 4.44. The molecule has 134 valence electrons. The Morgan fingerprint density at radius 3 is 2.80 bits per heavy atom. The second-order valence-electron chi connectivity index (χ2n) is 6.79. The molecule has 0 saturated carbocycles. The number of amides is 1. The van der Waals surface area contributed by atoms with Gasteiger partial charge in [-0.25, -0.2) is 0 Å². The van der Waals surface area contributed by atoms with E-state index in [0.29, 0.717) is 18.1 Å². The van der Waals surface area contributed by atoms with E-state index in [2.05, 4.69) is 15.5 Å². The van der Waals surface area contributed by atoms with Gasteiger partial charge in [0.2, 0.25) is 17.6 Å². The van der Waals surface area contributed by atoms with E-state index in [4.69, 9.17) is 9.26 Å². The van der Waals surface area contributed by atoms with Gasteiger partial charge in [0.25, 0.3) is 0 Å². The fourth-order valence-electron chi connectivity index (χ4n) is 2.99. The van der Waals surface area contributed by atoms with Crippen LogP contribution in [0.15, 0.2) is 34.9 Å². The zero-order chi connectivity index (χ0) is 17.6. The maximum atomic E-state index is 12.3. The van der Waals surface area contributed by atoms with E-state index in [-0.39, 0.29) is 24.0 Å². The van der Waals surface area contributed by atoms with Crippen LogP contribution in [-0.2, 0) is 9.53 Å². The Morgan fingerprint density at radius 1 is 1.32 bits per heavy atom. The highest BCUT2D eigenvalue weighted by atomic mass is 16.5. The number of nitrogens with zero attached hydrogens (tertiary/aromatic N) is 2. The molecule has 1 amide bonds. The van der Waals surface area contributed by atoms with E-state index >= 15 is 0 Å². The van der Waals surface area contributed by atoms with Gasteiger partial charge in [-0.3, -0.25) is 4.79 Å². The molecular weight excluding hydrogens is 318 g/mol. The van der Waals surface area contributed by atoms with Gasteiger partial charge in [-0.1, -0.05) is 49.3 Å². The van der Waals surface area contributed by atoms with Crippen LogP contribution < -0.4 is 5.32 Å². The summed E-state index contributed by atoms with van der Waals surface area (Å²) in [5.74, 6) is 1.12. The van der Waals surface area contributed by atoms with Crippen molar-refractivity contribution in [3.8, 4) is 11.4 Å². The lowest BCUT2D eigenvalue weighted by atomic mass is 10.0. The average molecular weight is 343 g/mol. The number of carbonyl (C=O) groups excluding carboxylic acids is 1. The first-order valence-electron chi connectivity index (χ1n) is 8.93. The quantitative estimate of drug-likeness (QED) is 0.832. The first-order chi connectivity index (χ1) is 12.1. The summed E-state index contributed by atoms with van der Waals surface area (Å²) in [7, 11) is 0. The second-order valence-corrected chi connectivity index (χ2v) is 6.79. The zero-order valence-corrected chi connectivity index (χ0v) is 14.8. The standard InChI is InChI=1S/C19H25N3O3/c1-13(2)17(20-16(23)11-10-15-9-6-12-24-15)19-21-18(22-25-19)14-7-4-3-5-8-14/h3-5,7-8,13,15,17H,6,9-12H2,1-2H3,(H,20,23)/t15-,17-/m1/s1. The smallest absolute Gasteiger partial charge is 0.249 e. The fraction of sp³-hybridized carbons (Fsp3) is 0.526. The van der Waals surface area contributed by atoms with E-state index in [1.165, 1.54) is 0 Å². The number of benzene rings is 1. The molecule has 25 heavy (non-hydrogen) atoms.